The van der Waals surface area contributed by atoms with Gasteiger partial charge in [-0.15, -0.1) is 0 Å². The van der Waals surface area contributed by atoms with Gasteiger partial charge in [-0.2, -0.15) is 0 Å². The summed E-state index contributed by atoms with van der Waals surface area (Å²) in [5.74, 6) is 2.07. The molecule has 112 valence electrons. The molecule has 1 aromatic rings. The molecule has 1 rings (SSSR count). The molecular weight excluding hydrogens is 254 g/mol. The van der Waals surface area contributed by atoms with Gasteiger partial charge in [0.25, 0.3) is 0 Å². The second-order valence-corrected chi connectivity index (χ2v) is 5.72. The summed E-state index contributed by atoms with van der Waals surface area (Å²) in [4.78, 5) is 20.6. The third kappa shape index (κ3) is 4.36. The Morgan fingerprint density at radius 2 is 1.90 bits per heavy atom. The molecule has 6 heteroatoms. The third-order valence-electron chi connectivity index (χ3n) is 2.76. The summed E-state index contributed by atoms with van der Waals surface area (Å²) in [6.45, 7) is 10.8. The molecule has 20 heavy (non-hydrogen) atoms. The normalized spacial score (nSPS) is 12.7. The van der Waals surface area contributed by atoms with Crippen LogP contribution < -0.4 is 16.0 Å². The highest BCUT2D eigenvalue weighted by atomic mass is 16.2. The molecule has 0 aromatic carbocycles. The Kier molecular flexibility index (Phi) is 5.30. The molecule has 0 radical (unpaired) electrons. The summed E-state index contributed by atoms with van der Waals surface area (Å²) in [5, 5.41) is 8.90. The van der Waals surface area contributed by atoms with Gasteiger partial charge in [0.1, 0.15) is 23.5 Å². The summed E-state index contributed by atoms with van der Waals surface area (Å²) in [5.41, 5.74) is -0.155. The van der Waals surface area contributed by atoms with Crippen molar-refractivity contribution in [3.63, 3.8) is 0 Å². The van der Waals surface area contributed by atoms with Crippen LogP contribution >= 0.6 is 0 Å². The molecular formula is C14H25N5O. The molecule has 0 aliphatic carbocycles. The van der Waals surface area contributed by atoms with Gasteiger partial charge in [-0.25, -0.2) is 9.97 Å². The SMILES string of the molecule is CCNc1cc(NC(C)C(=O)NC)nc(C(C)(C)C)n1. The molecule has 0 bridgehead atoms. The first-order valence-corrected chi connectivity index (χ1v) is 6.89. The van der Waals surface area contributed by atoms with Crippen molar-refractivity contribution in [2.24, 2.45) is 0 Å². The van der Waals surface area contributed by atoms with Crippen LogP contribution in [0.1, 0.15) is 40.4 Å². The van der Waals surface area contributed by atoms with Crippen molar-refractivity contribution in [1.82, 2.24) is 15.3 Å². The maximum absolute atomic E-state index is 11.6. The van der Waals surface area contributed by atoms with E-state index in [2.05, 4.69) is 46.7 Å². The van der Waals surface area contributed by atoms with Crippen molar-refractivity contribution in [1.29, 1.82) is 0 Å². The van der Waals surface area contributed by atoms with Crippen LogP contribution in [0.2, 0.25) is 0 Å². The van der Waals surface area contributed by atoms with Gasteiger partial charge in [-0.3, -0.25) is 4.79 Å². The Balaban J connectivity index is 3.06. The van der Waals surface area contributed by atoms with E-state index in [1.807, 2.05) is 13.0 Å². The molecule has 1 atom stereocenters. The molecule has 0 saturated heterocycles. The molecule has 0 spiro atoms. The zero-order chi connectivity index (χ0) is 15.3. The lowest BCUT2D eigenvalue weighted by atomic mass is 9.96. The van der Waals surface area contributed by atoms with Gasteiger partial charge in [0.15, 0.2) is 0 Å². The van der Waals surface area contributed by atoms with Crippen LogP contribution in [0.5, 0.6) is 0 Å². The number of amides is 1. The fourth-order valence-electron chi connectivity index (χ4n) is 1.63. The molecule has 1 unspecified atom stereocenters. The minimum absolute atomic E-state index is 0.0779. The topological polar surface area (TPSA) is 78.9 Å². The number of hydrogen-bond acceptors (Lipinski definition) is 5. The maximum atomic E-state index is 11.6. The Labute approximate surface area is 120 Å². The quantitative estimate of drug-likeness (QED) is 0.765. The van der Waals surface area contributed by atoms with Crippen LogP contribution in [-0.2, 0) is 10.2 Å². The molecule has 0 fully saturated rings. The van der Waals surface area contributed by atoms with Crippen LogP contribution in [0.15, 0.2) is 6.07 Å². The van der Waals surface area contributed by atoms with Gasteiger partial charge >= 0.3 is 0 Å². The number of nitrogens with one attached hydrogen (secondary N) is 3. The van der Waals surface area contributed by atoms with Gasteiger partial charge < -0.3 is 16.0 Å². The van der Waals surface area contributed by atoms with Crippen LogP contribution in [0.4, 0.5) is 11.6 Å². The predicted octanol–water partition coefficient (Wildman–Crippen LogP) is 1.75. The summed E-state index contributed by atoms with van der Waals surface area (Å²) < 4.78 is 0. The number of likely N-dealkylation sites (N-methyl/N-ethyl adjacent to an activating group) is 1. The van der Waals surface area contributed by atoms with E-state index >= 15 is 0 Å². The highest BCUT2D eigenvalue weighted by molar-refractivity contribution is 5.83. The first-order valence-electron chi connectivity index (χ1n) is 6.89. The lowest BCUT2D eigenvalue weighted by Gasteiger charge is -2.20. The van der Waals surface area contributed by atoms with Crippen LogP contribution in [-0.4, -0.2) is 35.5 Å². The van der Waals surface area contributed by atoms with Crippen LogP contribution in [0, 0.1) is 0 Å². The van der Waals surface area contributed by atoms with Crippen molar-refractivity contribution < 1.29 is 4.79 Å². The zero-order valence-electron chi connectivity index (χ0n) is 13.2. The van der Waals surface area contributed by atoms with E-state index in [1.54, 1.807) is 14.0 Å². The summed E-state index contributed by atoms with van der Waals surface area (Å²) in [6.07, 6.45) is 0. The molecule has 1 heterocycles. The average molecular weight is 279 g/mol. The van der Waals surface area contributed by atoms with Crippen molar-refractivity contribution in [2.45, 2.75) is 46.1 Å². The first kappa shape index (κ1) is 16.2. The summed E-state index contributed by atoms with van der Waals surface area (Å²) >= 11 is 0. The maximum Gasteiger partial charge on any atom is 0.241 e. The predicted molar refractivity (Wildman–Crippen MR) is 82.0 cm³/mol. The minimum Gasteiger partial charge on any atom is -0.370 e. The second kappa shape index (κ2) is 6.54. The van der Waals surface area contributed by atoms with Gasteiger partial charge in [0.2, 0.25) is 5.91 Å². The standard InChI is InChI=1S/C14H25N5O/c1-7-16-10-8-11(17-9(2)12(20)15-6)19-13(18-10)14(3,4)5/h8-9H,7H2,1-6H3,(H,15,20)(H2,16,17,18,19). The van der Waals surface area contributed by atoms with E-state index in [9.17, 15) is 4.79 Å². The van der Waals surface area contributed by atoms with E-state index in [-0.39, 0.29) is 17.4 Å². The Morgan fingerprint density at radius 1 is 1.30 bits per heavy atom. The number of rotatable bonds is 5. The van der Waals surface area contributed by atoms with Crippen LogP contribution in [0.3, 0.4) is 0 Å². The number of hydrogen-bond donors (Lipinski definition) is 3. The molecule has 0 aliphatic heterocycles. The number of aromatic nitrogens is 2. The van der Waals surface area contributed by atoms with Crippen molar-refractivity contribution in [3.05, 3.63) is 11.9 Å². The number of carbonyl (C=O) groups is 1. The van der Waals surface area contributed by atoms with Gasteiger partial charge in [0.05, 0.1) is 0 Å². The smallest absolute Gasteiger partial charge is 0.241 e. The van der Waals surface area contributed by atoms with E-state index in [1.165, 1.54) is 0 Å². The fourth-order valence-corrected chi connectivity index (χ4v) is 1.63. The van der Waals surface area contributed by atoms with Crippen LogP contribution in [0.25, 0.3) is 0 Å². The monoisotopic (exact) mass is 279 g/mol. The largest absolute Gasteiger partial charge is 0.370 e. The molecule has 0 aliphatic rings. The highest BCUT2D eigenvalue weighted by Crippen LogP contribution is 2.22. The molecule has 1 aromatic heterocycles. The second-order valence-electron chi connectivity index (χ2n) is 5.72. The minimum atomic E-state index is -0.350. The number of nitrogens with zero attached hydrogens (tertiary/aromatic N) is 2. The van der Waals surface area contributed by atoms with Gasteiger partial charge in [0, 0.05) is 25.1 Å². The Hall–Kier alpha value is -1.85. The average Bonchev–Trinajstić information content (AvgIpc) is 2.36. The van der Waals surface area contributed by atoms with E-state index < -0.39 is 0 Å². The fraction of sp³-hybridized carbons (Fsp3) is 0.643. The highest BCUT2D eigenvalue weighted by Gasteiger charge is 2.20. The molecule has 6 nitrogen and oxygen atoms in total. The van der Waals surface area contributed by atoms with Gasteiger partial charge in [-0.1, -0.05) is 20.8 Å². The molecule has 0 saturated carbocycles. The lowest BCUT2D eigenvalue weighted by molar-refractivity contribution is -0.121. The summed E-state index contributed by atoms with van der Waals surface area (Å²) in [7, 11) is 1.62. The lowest BCUT2D eigenvalue weighted by Crippen LogP contribution is -2.35. The van der Waals surface area contributed by atoms with Crippen molar-refractivity contribution >= 4 is 17.5 Å². The van der Waals surface area contributed by atoms with E-state index in [0.717, 1.165) is 18.2 Å². The third-order valence-corrected chi connectivity index (χ3v) is 2.76. The zero-order valence-corrected chi connectivity index (χ0v) is 13.2. The van der Waals surface area contributed by atoms with E-state index in [4.69, 9.17) is 0 Å². The first-order chi connectivity index (χ1) is 9.27. The summed E-state index contributed by atoms with van der Waals surface area (Å²) in [6, 6.07) is 1.47. The molecule has 1 amide bonds. The Bertz CT molecular complexity index is 467. The Morgan fingerprint density at radius 3 is 2.40 bits per heavy atom. The van der Waals surface area contributed by atoms with E-state index in [0.29, 0.717) is 5.82 Å². The number of carbonyl (C=O) groups excluding carboxylic acids is 1. The van der Waals surface area contributed by atoms with Crippen molar-refractivity contribution in [3.8, 4) is 0 Å². The van der Waals surface area contributed by atoms with Crippen molar-refractivity contribution in [2.75, 3.05) is 24.2 Å². The molecule has 3 N–H and O–H groups in total. The van der Waals surface area contributed by atoms with Gasteiger partial charge in [-0.05, 0) is 13.8 Å². The number of anilines is 2.